The number of aromatic amines is 1. The van der Waals surface area contributed by atoms with Crippen molar-refractivity contribution in [1.82, 2.24) is 9.97 Å². The number of hydrogen-bond acceptors (Lipinski definition) is 3. The molecule has 0 bridgehead atoms. The van der Waals surface area contributed by atoms with Gasteiger partial charge in [-0.1, -0.05) is 0 Å². The Kier molecular flexibility index (Phi) is 2.29. The second kappa shape index (κ2) is 3.61. The second-order valence-electron chi connectivity index (χ2n) is 2.97. The Hall–Kier alpha value is -2.04. The van der Waals surface area contributed by atoms with Crippen LogP contribution >= 0.6 is 0 Å². The smallest absolute Gasteiger partial charge is 0.338 e. The molecule has 0 aliphatic carbocycles. The first-order chi connectivity index (χ1) is 7.24. The lowest BCUT2D eigenvalue weighted by molar-refractivity contribution is 0.0699. The molecule has 5 nitrogen and oxygen atoms in total. The topological polar surface area (TPSA) is 75.2 Å². The number of carboxylic acids is 1. The number of nitrogens with one attached hydrogen (secondary N) is 1. The molecule has 0 amide bonds. The van der Waals surface area contributed by atoms with Gasteiger partial charge in [0.25, 0.3) is 0 Å². The number of carbonyl (C=O) groups is 1. The number of nitrogens with zero attached hydrogens (tertiary/aromatic N) is 1. The summed E-state index contributed by atoms with van der Waals surface area (Å²) < 4.78 is 5.34. The average Bonchev–Trinajstić information content (AvgIpc) is 2.62. The predicted molar refractivity (Wildman–Crippen MR) is 54.2 cm³/mol. The third kappa shape index (κ3) is 1.52. The Morgan fingerprint density at radius 1 is 1.67 bits per heavy atom. The van der Waals surface area contributed by atoms with E-state index in [1.54, 1.807) is 12.3 Å². The lowest BCUT2D eigenvalue weighted by Gasteiger charge is -2.04. The van der Waals surface area contributed by atoms with Crippen LogP contribution in [-0.4, -0.2) is 27.7 Å². The summed E-state index contributed by atoms with van der Waals surface area (Å²) in [6.07, 6.45) is 3.00. The molecule has 2 rings (SSSR count). The van der Waals surface area contributed by atoms with E-state index in [1.807, 2.05) is 6.92 Å². The zero-order chi connectivity index (χ0) is 10.8. The van der Waals surface area contributed by atoms with Gasteiger partial charge in [0.15, 0.2) is 0 Å². The highest BCUT2D eigenvalue weighted by atomic mass is 16.5. The summed E-state index contributed by atoms with van der Waals surface area (Å²) in [5.74, 6) is -0.448. The van der Waals surface area contributed by atoms with Crippen molar-refractivity contribution in [2.45, 2.75) is 6.92 Å². The van der Waals surface area contributed by atoms with E-state index in [0.717, 1.165) is 0 Å². The first-order valence-corrected chi connectivity index (χ1v) is 4.56. The van der Waals surface area contributed by atoms with E-state index in [-0.39, 0.29) is 5.56 Å². The molecule has 0 aromatic carbocycles. The highest BCUT2D eigenvalue weighted by Gasteiger charge is 2.15. The van der Waals surface area contributed by atoms with Crippen LogP contribution in [0.2, 0.25) is 0 Å². The molecule has 0 aliphatic rings. The molecular formula is C10H10N2O3. The normalized spacial score (nSPS) is 10.5. The maximum Gasteiger partial charge on any atom is 0.338 e. The monoisotopic (exact) mass is 206 g/mol. The Morgan fingerprint density at radius 3 is 3.13 bits per heavy atom. The number of carboxylic acid groups (broad SMARTS) is 1. The van der Waals surface area contributed by atoms with Gasteiger partial charge in [-0.05, 0) is 13.0 Å². The van der Waals surface area contributed by atoms with E-state index in [2.05, 4.69) is 9.97 Å². The van der Waals surface area contributed by atoms with Gasteiger partial charge in [0.2, 0.25) is 0 Å². The minimum atomic E-state index is -0.991. The minimum Gasteiger partial charge on any atom is -0.493 e. The summed E-state index contributed by atoms with van der Waals surface area (Å²) in [6, 6.07) is 1.66. The van der Waals surface area contributed by atoms with Crippen LogP contribution < -0.4 is 4.74 Å². The maximum absolute atomic E-state index is 10.9. The Balaban J connectivity index is 2.69. The maximum atomic E-state index is 10.9. The Bertz CT molecular complexity index is 504. The zero-order valence-corrected chi connectivity index (χ0v) is 8.15. The van der Waals surface area contributed by atoms with Gasteiger partial charge in [-0.3, -0.25) is 0 Å². The molecule has 0 unspecified atom stereocenters. The molecule has 2 aromatic heterocycles. The van der Waals surface area contributed by atoms with E-state index in [1.165, 1.54) is 6.20 Å². The molecule has 0 atom stereocenters. The zero-order valence-electron chi connectivity index (χ0n) is 8.15. The summed E-state index contributed by atoms with van der Waals surface area (Å²) >= 11 is 0. The molecule has 0 aliphatic heterocycles. The van der Waals surface area contributed by atoms with Crippen molar-refractivity contribution >= 4 is 17.0 Å². The number of ether oxygens (including phenoxy) is 1. The Morgan fingerprint density at radius 2 is 2.47 bits per heavy atom. The van der Waals surface area contributed by atoms with Crippen LogP contribution in [0.1, 0.15) is 17.3 Å². The third-order valence-corrected chi connectivity index (χ3v) is 2.07. The third-order valence-electron chi connectivity index (χ3n) is 2.07. The number of hydrogen-bond donors (Lipinski definition) is 2. The molecule has 0 radical (unpaired) electrons. The number of pyridine rings is 1. The summed E-state index contributed by atoms with van der Waals surface area (Å²) in [4.78, 5) is 17.8. The molecule has 78 valence electrons. The van der Waals surface area contributed by atoms with Crippen molar-refractivity contribution in [3.8, 4) is 5.75 Å². The fourth-order valence-corrected chi connectivity index (χ4v) is 1.47. The van der Waals surface area contributed by atoms with Crippen LogP contribution in [-0.2, 0) is 0 Å². The molecule has 2 N–H and O–H groups in total. The molecule has 0 saturated carbocycles. The molecule has 5 heteroatoms. The molecule has 15 heavy (non-hydrogen) atoms. The van der Waals surface area contributed by atoms with Gasteiger partial charge in [-0.25, -0.2) is 9.78 Å². The van der Waals surface area contributed by atoms with Crippen molar-refractivity contribution in [3.05, 3.63) is 24.0 Å². The number of aromatic nitrogens is 2. The van der Waals surface area contributed by atoms with Gasteiger partial charge in [-0.2, -0.15) is 0 Å². The fourth-order valence-electron chi connectivity index (χ4n) is 1.47. The van der Waals surface area contributed by atoms with E-state index in [9.17, 15) is 4.79 Å². The van der Waals surface area contributed by atoms with Gasteiger partial charge >= 0.3 is 5.97 Å². The lowest BCUT2D eigenvalue weighted by atomic mass is 10.2. The van der Waals surface area contributed by atoms with Crippen LogP contribution in [0.25, 0.3) is 11.0 Å². The number of H-pyrrole nitrogens is 1. The summed E-state index contributed by atoms with van der Waals surface area (Å²) in [6.45, 7) is 2.34. The van der Waals surface area contributed by atoms with E-state index in [0.29, 0.717) is 23.4 Å². The van der Waals surface area contributed by atoms with Gasteiger partial charge in [0.05, 0.1) is 17.6 Å². The molecular weight excluding hydrogens is 196 g/mol. The molecule has 2 heterocycles. The van der Waals surface area contributed by atoms with E-state index in [4.69, 9.17) is 9.84 Å². The summed E-state index contributed by atoms with van der Waals surface area (Å²) in [5, 5.41) is 9.48. The highest BCUT2D eigenvalue weighted by Crippen LogP contribution is 2.27. The van der Waals surface area contributed by atoms with Crippen molar-refractivity contribution in [2.75, 3.05) is 6.61 Å². The largest absolute Gasteiger partial charge is 0.493 e. The van der Waals surface area contributed by atoms with Crippen LogP contribution in [0.15, 0.2) is 18.5 Å². The fraction of sp³-hybridized carbons (Fsp3) is 0.200. The predicted octanol–water partition coefficient (Wildman–Crippen LogP) is 1.66. The molecule has 2 aromatic rings. The SMILES string of the molecule is CCOc1ccnc2[nH]cc(C(=O)O)c12. The first-order valence-electron chi connectivity index (χ1n) is 4.56. The number of rotatable bonds is 3. The van der Waals surface area contributed by atoms with Gasteiger partial charge in [0, 0.05) is 12.4 Å². The number of aromatic carboxylic acids is 1. The molecule has 0 saturated heterocycles. The lowest BCUT2D eigenvalue weighted by Crippen LogP contribution is -1.97. The van der Waals surface area contributed by atoms with Crippen molar-refractivity contribution in [1.29, 1.82) is 0 Å². The van der Waals surface area contributed by atoms with E-state index < -0.39 is 5.97 Å². The standard InChI is InChI=1S/C10H10N2O3/c1-2-15-7-3-4-11-9-8(7)6(5-12-9)10(13)14/h3-5H,2H2,1H3,(H,11,12)(H,13,14). The van der Waals surface area contributed by atoms with Crippen LogP contribution in [0.3, 0.4) is 0 Å². The quantitative estimate of drug-likeness (QED) is 0.800. The Labute approximate surface area is 85.7 Å². The van der Waals surface area contributed by atoms with Crippen molar-refractivity contribution < 1.29 is 14.6 Å². The first kappa shape index (κ1) is 9.51. The van der Waals surface area contributed by atoms with Crippen LogP contribution in [0, 0.1) is 0 Å². The average molecular weight is 206 g/mol. The molecule has 0 spiro atoms. The van der Waals surface area contributed by atoms with Crippen LogP contribution in [0.4, 0.5) is 0 Å². The molecule has 0 fully saturated rings. The minimum absolute atomic E-state index is 0.182. The van der Waals surface area contributed by atoms with Gasteiger partial charge in [-0.15, -0.1) is 0 Å². The van der Waals surface area contributed by atoms with Crippen LogP contribution in [0.5, 0.6) is 5.75 Å². The van der Waals surface area contributed by atoms with Gasteiger partial charge < -0.3 is 14.8 Å². The summed E-state index contributed by atoms with van der Waals surface area (Å²) in [7, 11) is 0. The van der Waals surface area contributed by atoms with Crippen molar-refractivity contribution in [3.63, 3.8) is 0 Å². The highest BCUT2D eigenvalue weighted by molar-refractivity contribution is 6.04. The number of fused-ring (bicyclic) bond motifs is 1. The summed E-state index contributed by atoms with van der Waals surface area (Å²) in [5.41, 5.74) is 0.708. The van der Waals surface area contributed by atoms with Gasteiger partial charge in [0.1, 0.15) is 11.4 Å². The van der Waals surface area contributed by atoms with Crippen molar-refractivity contribution in [2.24, 2.45) is 0 Å². The van der Waals surface area contributed by atoms with E-state index >= 15 is 0 Å². The second-order valence-corrected chi connectivity index (χ2v) is 2.97.